The molecule has 3 N–H and O–H groups in total. The topological polar surface area (TPSA) is 82.3 Å². The summed E-state index contributed by atoms with van der Waals surface area (Å²) >= 11 is 0. The molecule has 1 aliphatic rings. The van der Waals surface area contributed by atoms with Crippen LogP contribution in [0.4, 0.5) is 11.5 Å². The molecule has 1 saturated carbocycles. The maximum atomic E-state index is 6.15. The first-order valence-electron chi connectivity index (χ1n) is 7.79. The summed E-state index contributed by atoms with van der Waals surface area (Å²) in [5.41, 5.74) is 6.65. The zero-order chi connectivity index (χ0) is 15.1. The fourth-order valence-corrected chi connectivity index (χ4v) is 2.53. The normalized spacial score (nSPS) is 15.9. The lowest BCUT2D eigenvalue weighted by atomic mass is 9.95. The lowest BCUT2D eigenvalue weighted by Crippen LogP contribution is -2.24. The monoisotopic (exact) mass is 294 g/mol. The van der Waals surface area contributed by atoms with Gasteiger partial charge < -0.3 is 20.5 Å². The highest BCUT2D eigenvalue weighted by molar-refractivity contribution is 5.67. The molecule has 0 aliphatic heterocycles. The largest absolute Gasteiger partial charge is 0.474 e. The van der Waals surface area contributed by atoms with Gasteiger partial charge in [0, 0.05) is 19.6 Å². The number of nitrogens with zero attached hydrogens (tertiary/aromatic N) is 2. The molecule has 1 aromatic rings. The molecule has 0 spiro atoms. The third kappa shape index (κ3) is 4.46. The molecular weight excluding hydrogens is 268 g/mol. The first-order valence-corrected chi connectivity index (χ1v) is 7.79. The predicted octanol–water partition coefficient (Wildman–Crippen LogP) is 2.39. The molecule has 21 heavy (non-hydrogen) atoms. The molecule has 6 nitrogen and oxygen atoms in total. The summed E-state index contributed by atoms with van der Waals surface area (Å²) in [6.45, 7) is 2.97. The second-order valence-corrected chi connectivity index (χ2v) is 5.38. The Morgan fingerprint density at radius 1 is 1.19 bits per heavy atom. The Hall–Kier alpha value is -1.56. The number of anilines is 2. The lowest BCUT2D eigenvalue weighted by Gasteiger charge is -2.24. The van der Waals surface area contributed by atoms with Crippen LogP contribution < -0.4 is 15.8 Å². The van der Waals surface area contributed by atoms with Crippen LogP contribution in [0, 0.1) is 0 Å². The third-order valence-corrected chi connectivity index (χ3v) is 3.75. The SMILES string of the molecule is CCc1nc(NC2CCCCC2)c(N)c(OCCOC)n1. The second-order valence-electron chi connectivity index (χ2n) is 5.38. The van der Waals surface area contributed by atoms with Crippen LogP contribution in [-0.2, 0) is 11.2 Å². The van der Waals surface area contributed by atoms with Gasteiger partial charge in [0.15, 0.2) is 5.82 Å². The van der Waals surface area contributed by atoms with Gasteiger partial charge in [-0.2, -0.15) is 4.98 Å². The molecule has 2 rings (SSSR count). The summed E-state index contributed by atoms with van der Waals surface area (Å²) < 4.78 is 10.6. The third-order valence-electron chi connectivity index (χ3n) is 3.75. The number of nitrogen functional groups attached to an aromatic ring is 1. The van der Waals surface area contributed by atoms with E-state index in [-0.39, 0.29) is 0 Å². The first kappa shape index (κ1) is 15.8. The summed E-state index contributed by atoms with van der Waals surface area (Å²) in [6, 6.07) is 0.451. The molecule has 0 amide bonds. The number of nitrogens with one attached hydrogen (secondary N) is 1. The Labute approximate surface area is 126 Å². The van der Waals surface area contributed by atoms with Crippen molar-refractivity contribution in [2.75, 3.05) is 31.4 Å². The zero-order valence-electron chi connectivity index (χ0n) is 13.0. The minimum Gasteiger partial charge on any atom is -0.474 e. The Kier molecular flexibility index (Phi) is 6.04. The van der Waals surface area contributed by atoms with Crippen LogP contribution in [0.2, 0.25) is 0 Å². The molecule has 0 unspecified atom stereocenters. The van der Waals surface area contributed by atoms with Crippen LogP contribution in [0.25, 0.3) is 0 Å². The average molecular weight is 294 g/mol. The van der Waals surface area contributed by atoms with Gasteiger partial charge in [-0.1, -0.05) is 26.2 Å². The Balaban J connectivity index is 2.12. The lowest BCUT2D eigenvalue weighted by molar-refractivity contribution is 0.144. The fraction of sp³-hybridized carbons (Fsp3) is 0.733. The van der Waals surface area contributed by atoms with Gasteiger partial charge in [-0.15, -0.1) is 0 Å². The van der Waals surface area contributed by atoms with E-state index in [1.54, 1.807) is 7.11 Å². The molecular formula is C15H26N4O2. The van der Waals surface area contributed by atoms with Crippen molar-refractivity contribution in [3.8, 4) is 5.88 Å². The van der Waals surface area contributed by atoms with E-state index in [2.05, 4.69) is 15.3 Å². The maximum absolute atomic E-state index is 6.15. The molecule has 0 saturated heterocycles. The van der Waals surface area contributed by atoms with Gasteiger partial charge in [0.2, 0.25) is 5.88 Å². The molecule has 0 bridgehead atoms. The smallest absolute Gasteiger partial charge is 0.242 e. The predicted molar refractivity (Wildman–Crippen MR) is 83.7 cm³/mol. The van der Waals surface area contributed by atoms with Crippen molar-refractivity contribution < 1.29 is 9.47 Å². The average Bonchev–Trinajstić information content (AvgIpc) is 2.52. The van der Waals surface area contributed by atoms with Crippen LogP contribution in [0.5, 0.6) is 5.88 Å². The van der Waals surface area contributed by atoms with Crippen LogP contribution in [0.3, 0.4) is 0 Å². The van der Waals surface area contributed by atoms with Gasteiger partial charge in [0.1, 0.15) is 18.1 Å². The first-order chi connectivity index (χ1) is 10.2. The number of methoxy groups -OCH3 is 1. The van der Waals surface area contributed by atoms with Crippen LogP contribution in [0.15, 0.2) is 0 Å². The van der Waals surface area contributed by atoms with E-state index in [0.717, 1.165) is 12.2 Å². The molecule has 118 valence electrons. The Morgan fingerprint density at radius 3 is 2.62 bits per heavy atom. The molecule has 0 radical (unpaired) electrons. The molecule has 0 aromatic carbocycles. The summed E-state index contributed by atoms with van der Waals surface area (Å²) in [5, 5.41) is 3.47. The molecule has 6 heteroatoms. The minimum absolute atomic E-state index is 0.434. The fourth-order valence-electron chi connectivity index (χ4n) is 2.53. The number of nitrogens with two attached hydrogens (primary N) is 1. The van der Waals surface area contributed by atoms with Crippen LogP contribution in [-0.4, -0.2) is 36.3 Å². The van der Waals surface area contributed by atoms with E-state index in [9.17, 15) is 0 Å². The minimum atomic E-state index is 0.434. The number of aromatic nitrogens is 2. The number of aryl methyl sites for hydroxylation is 1. The van der Waals surface area contributed by atoms with E-state index in [1.165, 1.54) is 32.1 Å². The zero-order valence-corrected chi connectivity index (χ0v) is 13.0. The molecule has 1 heterocycles. The second kappa shape index (κ2) is 8.02. The number of hydrogen-bond donors (Lipinski definition) is 2. The van der Waals surface area contributed by atoms with Crippen molar-refractivity contribution in [2.24, 2.45) is 0 Å². The molecule has 1 aromatic heterocycles. The van der Waals surface area contributed by atoms with Gasteiger partial charge >= 0.3 is 0 Å². The summed E-state index contributed by atoms with van der Waals surface area (Å²) in [5.74, 6) is 1.91. The quantitative estimate of drug-likeness (QED) is 0.751. The summed E-state index contributed by atoms with van der Waals surface area (Å²) in [4.78, 5) is 8.88. The highest BCUT2D eigenvalue weighted by atomic mass is 16.5. The summed E-state index contributed by atoms with van der Waals surface area (Å²) in [7, 11) is 1.64. The van der Waals surface area contributed by atoms with E-state index in [4.69, 9.17) is 15.2 Å². The maximum Gasteiger partial charge on any atom is 0.242 e. The Morgan fingerprint density at radius 2 is 1.95 bits per heavy atom. The highest BCUT2D eigenvalue weighted by Crippen LogP contribution is 2.29. The van der Waals surface area contributed by atoms with Gasteiger partial charge in [-0.05, 0) is 12.8 Å². The van der Waals surface area contributed by atoms with Crippen LogP contribution in [0.1, 0.15) is 44.9 Å². The van der Waals surface area contributed by atoms with E-state index < -0.39 is 0 Å². The number of ether oxygens (including phenoxy) is 2. The van der Waals surface area contributed by atoms with E-state index in [0.29, 0.717) is 36.6 Å². The highest BCUT2D eigenvalue weighted by Gasteiger charge is 2.18. The van der Waals surface area contributed by atoms with Crippen molar-refractivity contribution in [1.29, 1.82) is 0 Å². The standard InChI is InChI=1S/C15H26N4O2/c1-3-12-18-14(17-11-7-5-4-6-8-11)13(16)15(19-12)21-10-9-20-2/h11H,3-10,16H2,1-2H3,(H,17,18,19). The van der Waals surface area contributed by atoms with Crippen molar-refractivity contribution in [3.63, 3.8) is 0 Å². The number of hydrogen-bond acceptors (Lipinski definition) is 6. The van der Waals surface area contributed by atoms with Gasteiger partial charge in [0.25, 0.3) is 0 Å². The molecule has 1 fully saturated rings. The van der Waals surface area contributed by atoms with Crippen molar-refractivity contribution in [2.45, 2.75) is 51.5 Å². The molecule has 0 atom stereocenters. The van der Waals surface area contributed by atoms with Crippen molar-refractivity contribution >= 4 is 11.5 Å². The number of rotatable bonds is 7. The summed E-state index contributed by atoms with van der Waals surface area (Å²) in [6.07, 6.45) is 6.94. The molecule has 1 aliphatic carbocycles. The van der Waals surface area contributed by atoms with Crippen molar-refractivity contribution in [3.05, 3.63) is 5.82 Å². The van der Waals surface area contributed by atoms with Gasteiger partial charge in [0.05, 0.1) is 6.61 Å². The Bertz CT molecular complexity index is 448. The van der Waals surface area contributed by atoms with Crippen molar-refractivity contribution in [1.82, 2.24) is 9.97 Å². The van der Waals surface area contributed by atoms with E-state index >= 15 is 0 Å². The van der Waals surface area contributed by atoms with E-state index in [1.807, 2.05) is 6.92 Å². The van der Waals surface area contributed by atoms with Gasteiger partial charge in [-0.25, -0.2) is 4.98 Å². The van der Waals surface area contributed by atoms with Gasteiger partial charge in [-0.3, -0.25) is 0 Å². The van der Waals surface area contributed by atoms with Crippen LogP contribution >= 0.6 is 0 Å².